The molecule has 0 amide bonds. The van der Waals surface area contributed by atoms with Crippen LogP contribution in [0.15, 0.2) is 39.5 Å². The maximum Gasteiger partial charge on any atom is 0.305 e. The van der Waals surface area contributed by atoms with Crippen molar-refractivity contribution < 1.29 is 13.9 Å². The van der Waals surface area contributed by atoms with Gasteiger partial charge in [0.2, 0.25) is 0 Å². The van der Waals surface area contributed by atoms with Gasteiger partial charge in [0.05, 0.1) is 6.61 Å². The number of fused-ring (bicyclic) bond motifs is 5. The van der Waals surface area contributed by atoms with Gasteiger partial charge < -0.3 is 9.15 Å². The standard InChI is InChI=1S/C19H18N2O4/c1-3-24-17(22)9-6-10-20-12(2)21-14(19(20)23)11-16-18(21)13-7-4-5-8-15(13)25-16/h4-5,7-8,11H,2-3,6,9-10H2,1H3. The van der Waals surface area contributed by atoms with E-state index in [0.717, 1.165) is 16.5 Å². The molecule has 6 heteroatoms. The highest BCUT2D eigenvalue weighted by atomic mass is 16.5. The number of esters is 1. The molecule has 0 aliphatic rings. The van der Waals surface area contributed by atoms with Crippen LogP contribution >= 0.6 is 0 Å². The molecule has 1 aromatic carbocycles. The SMILES string of the molecule is C=c1n(CCCC(=O)OCC)c(=O)c2cc3oc4ccccc4c3n12. The first-order valence-electron chi connectivity index (χ1n) is 8.31. The number of carbonyl (C=O) groups excluding carboxylic acids is 1. The molecule has 0 radical (unpaired) electrons. The maximum atomic E-state index is 12.7. The summed E-state index contributed by atoms with van der Waals surface area (Å²) in [6.07, 6.45) is 0.813. The summed E-state index contributed by atoms with van der Waals surface area (Å²) in [4.78, 5) is 24.2. The van der Waals surface area contributed by atoms with Crippen LogP contribution in [0.4, 0.5) is 0 Å². The molecule has 0 aliphatic carbocycles. The van der Waals surface area contributed by atoms with Gasteiger partial charge in [-0.25, -0.2) is 0 Å². The van der Waals surface area contributed by atoms with Gasteiger partial charge in [-0.1, -0.05) is 18.7 Å². The molecule has 6 nitrogen and oxygen atoms in total. The van der Waals surface area contributed by atoms with E-state index in [1.165, 1.54) is 0 Å². The first-order valence-corrected chi connectivity index (χ1v) is 8.31. The molecule has 0 unspecified atom stereocenters. The summed E-state index contributed by atoms with van der Waals surface area (Å²) in [6, 6.07) is 9.48. The Morgan fingerprint density at radius 3 is 2.88 bits per heavy atom. The zero-order valence-electron chi connectivity index (χ0n) is 13.9. The van der Waals surface area contributed by atoms with Crippen LogP contribution in [0.2, 0.25) is 0 Å². The third kappa shape index (κ3) is 2.33. The summed E-state index contributed by atoms with van der Waals surface area (Å²) in [6.45, 7) is 6.65. The van der Waals surface area contributed by atoms with E-state index >= 15 is 0 Å². The fraction of sp³-hybridized carbons (Fsp3) is 0.263. The van der Waals surface area contributed by atoms with E-state index in [2.05, 4.69) is 6.58 Å². The number of imidazole rings is 1. The lowest BCUT2D eigenvalue weighted by Gasteiger charge is -2.03. The Kier molecular flexibility index (Phi) is 3.60. The normalized spacial score (nSPS) is 11.7. The average Bonchev–Trinajstić information content (AvgIpc) is 3.19. The van der Waals surface area contributed by atoms with Gasteiger partial charge in [-0.3, -0.25) is 18.6 Å². The quantitative estimate of drug-likeness (QED) is 0.524. The number of rotatable bonds is 5. The Hall–Kier alpha value is -3.02. The molecule has 0 atom stereocenters. The molecule has 0 spiro atoms. The second-order valence-corrected chi connectivity index (χ2v) is 5.96. The number of nitrogens with zero attached hydrogens (tertiary/aromatic N) is 2. The Bertz CT molecular complexity index is 1200. The Morgan fingerprint density at radius 1 is 1.28 bits per heavy atom. The Balaban J connectivity index is 1.78. The summed E-state index contributed by atoms with van der Waals surface area (Å²) in [5, 5.41) is 0.950. The number of ether oxygens (including phenoxy) is 1. The summed E-state index contributed by atoms with van der Waals surface area (Å²) in [5.41, 5.74) is 3.33. The van der Waals surface area contributed by atoms with Crippen molar-refractivity contribution in [2.75, 3.05) is 6.61 Å². The summed E-state index contributed by atoms with van der Waals surface area (Å²) in [5.74, 6) is -0.248. The van der Waals surface area contributed by atoms with E-state index in [1.807, 2.05) is 28.7 Å². The minimum absolute atomic E-state index is 0.121. The smallest absolute Gasteiger partial charge is 0.305 e. The molecule has 25 heavy (non-hydrogen) atoms. The number of carbonyl (C=O) groups is 1. The Labute approximate surface area is 142 Å². The topological polar surface area (TPSA) is 65.8 Å². The zero-order chi connectivity index (χ0) is 17.6. The minimum atomic E-state index is -0.248. The van der Waals surface area contributed by atoms with Gasteiger partial charge in [-0.05, 0) is 25.5 Å². The van der Waals surface area contributed by atoms with E-state index in [4.69, 9.17) is 9.15 Å². The molecule has 3 aromatic heterocycles. The van der Waals surface area contributed by atoms with Crippen molar-refractivity contribution in [3.63, 3.8) is 0 Å². The summed E-state index contributed by atoms with van der Waals surface area (Å²) in [7, 11) is 0. The lowest BCUT2D eigenvalue weighted by molar-refractivity contribution is -0.143. The fourth-order valence-corrected chi connectivity index (χ4v) is 3.34. The van der Waals surface area contributed by atoms with Crippen molar-refractivity contribution in [2.45, 2.75) is 26.3 Å². The monoisotopic (exact) mass is 338 g/mol. The number of hydrogen-bond acceptors (Lipinski definition) is 4. The van der Waals surface area contributed by atoms with E-state index in [9.17, 15) is 9.59 Å². The van der Waals surface area contributed by atoms with Gasteiger partial charge in [0.1, 0.15) is 22.1 Å². The van der Waals surface area contributed by atoms with Crippen molar-refractivity contribution in [3.05, 3.63) is 46.2 Å². The van der Waals surface area contributed by atoms with Gasteiger partial charge in [0.15, 0.2) is 5.58 Å². The van der Waals surface area contributed by atoms with Crippen molar-refractivity contribution in [1.82, 2.24) is 8.97 Å². The second-order valence-electron chi connectivity index (χ2n) is 5.96. The maximum absolute atomic E-state index is 12.7. The predicted molar refractivity (Wildman–Crippen MR) is 95.5 cm³/mol. The van der Waals surface area contributed by atoms with Crippen LogP contribution in [0, 0.1) is 0 Å². The number of para-hydroxylation sites is 1. The molecular weight excluding hydrogens is 320 g/mol. The van der Waals surface area contributed by atoms with Crippen LogP contribution < -0.4 is 11.0 Å². The van der Waals surface area contributed by atoms with Crippen LogP contribution in [-0.4, -0.2) is 21.5 Å². The van der Waals surface area contributed by atoms with Gasteiger partial charge >= 0.3 is 5.97 Å². The molecule has 128 valence electrons. The van der Waals surface area contributed by atoms with Crippen LogP contribution in [0.25, 0.3) is 34.2 Å². The molecule has 0 saturated heterocycles. The molecule has 3 heterocycles. The lowest BCUT2D eigenvalue weighted by Crippen LogP contribution is -2.27. The third-order valence-corrected chi connectivity index (χ3v) is 4.43. The highest BCUT2D eigenvalue weighted by Crippen LogP contribution is 2.29. The van der Waals surface area contributed by atoms with Crippen LogP contribution in [-0.2, 0) is 16.1 Å². The van der Waals surface area contributed by atoms with E-state index in [0.29, 0.717) is 36.2 Å². The largest absolute Gasteiger partial charge is 0.466 e. The third-order valence-electron chi connectivity index (χ3n) is 4.43. The molecule has 0 bridgehead atoms. The molecule has 0 N–H and O–H groups in total. The molecule has 0 aliphatic heterocycles. The first-order chi connectivity index (χ1) is 12.1. The van der Waals surface area contributed by atoms with Gasteiger partial charge in [-0.15, -0.1) is 0 Å². The predicted octanol–water partition coefficient (Wildman–Crippen LogP) is 2.47. The number of benzene rings is 1. The van der Waals surface area contributed by atoms with Crippen LogP contribution in [0.3, 0.4) is 0 Å². The summed E-state index contributed by atoms with van der Waals surface area (Å²) < 4.78 is 14.2. The number of hydrogen-bond donors (Lipinski definition) is 0. The molecular formula is C19H18N2O4. The summed E-state index contributed by atoms with van der Waals surface area (Å²) >= 11 is 0. The van der Waals surface area contributed by atoms with Crippen LogP contribution in [0.1, 0.15) is 19.8 Å². The van der Waals surface area contributed by atoms with Crippen LogP contribution in [0.5, 0.6) is 0 Å². The highest BCUT2D eigenvalue weighted by molar-refractivity contribution is 6.05. The molecule has 4 rings (SSSR count). The number of aromatic nitrogens is 2. The van der Waals surface area contributed by atoms with Gasteiger partial charge in [-0.2, -0.15) is 0 Å². The molecule has 0 fully saturated rings. The number of furan rings is 1. The Morgan fingerprint density at radius 2 is 2.08 bits per heavy atom. The minimum Gasteiger partial charge on any atom is -0.466 e. The first kappa shape index (κ1) is 15.5. The van der Waals surface area contributed by atoms with Crippen molar-refractivity contribution in [3.8, 4) is 0 Å². The van der Waals surface area contributed by atoms with E-state index < -0.39 is 0 Å². The highest BCUT2D eigenvalue weighted by Gasteiger charge is 2.18. The zero-order valence-corrected chi connectivity index (χ0v) is 13.9. The van der Waals surface area contributed by atoms with Gasteiger partial charge in [0, 0.05) is 24.4 Å². The van der Waals surface area contributed by atoms with E-state index in [1.54, 1.807) is 17.6 Å². The molecule has 4 aromatic rings. The van der Waals surface area contributed by atoms with Crippen molar-refractivity contribution in [1.29, 1.82) is 0 Å². The van der Waals surface area contributed by atoms with Gasteiger partial charge in [0.25, 0.3) is 5.56 Å². The van der Waals surface area contributed by atoms with Crippen molar-refractivity contribution in [2.24, 2.45) is 0 Å². The molecule has 0 saturated carbocycles. The van der Waals surface area contributed by atoms with Crippen molar-refractivity contribution >= 4 is 40.1 Å². The average molecular weight is 338 g/mol. The fourth-order valence-electron chi connectivity index (χ4n) is 3.34. The second kappa shape index (κ2) is 5.81. The lowest BCUT2D eigenvalue weighted by atomic mass is 10.2. The van der Waals surface area contributed by atoms with E-state index in [-0.39, 0.29) is 17.9 Å².